The monoisotopic (exact) mass is 608 g/mol. The summed E-state index contributed by atoms with van der Waals surface area (Å²) in [7, 11) is -7.58. The number of fused-ring (bicyclic) bond motifs is 1. The highest BCUT2D eigenvalue weighted by atomic mass is 35.5. The largest absolute Gasteiger partial charge is 0.399 e. The van der Waals surface area contributed by atoms with Crippen molar-refractivity contribution in [3.05, 3.63) is 96.3 Å². The minimum atomic E-state index is -3.89. The third-order valence-corrected chi connectivity index (χ3v) is 10.8. The number of nitrogens with one attached hydrogen (secondary N) is 1. The van der Waals surface area contributed by atoms with Gasteiger partial charge in [0, 0.05) is 42.0 Å². The number of rotatable bonds is 7. The number of aromatic nitrogens is 3. The normalized spacial score (nSPS) is 16.3. The average molecular weight is 609 g/mol. The van der Waals surface area contributed by atoms with E-state index in [-0.39, 0.29) is 33.3 Å². The standard InChI is InChI=1S/C28H25ClN6O4S2/c29-25-16-31-28(32-20-14-15-34(17-20)40(36,37)22-12-10-19(30)11-13-22)33-27(25)24-18-35(26-9-5-4-8-23(24)26)41(38,39)21-6-2-1-3-7-21/h1-13,16,18,20H,14-15,17,30H2,(H,31,32,33). The minimum absolute atomic E-state index is 0.156. The van der Waals surface area contributed by atoms with Crippen molar-refractivity contribution in [3.8, 4) is 11.3 Å². The molecule has 13 heteroatoms. The first-order chi connectivity index (χ1) is 19.6. The molecular weight excluding hydrogens is 584 g/mol. The third-order valence-electron chi connectivity index (χ3n) is 6.98. The minimum Gasteiger partial charge on any atom is -0.399 e. The summed E-state index contributed by atoms with van der Waals surface area (Å²) in [6.45, 7) is 0.554. The van der Waals surface area contributed by atoms with Crippen molar-refractivity contribution in [1.29, 1.82) is 0 Å². The van der Waals surface area contributed by atoms with Crippen LogP contribution in [0.3, 0.4) is 0 Å². The van der Waals surface area contributed by atoms with E-state index in [9.17, 15) is 16.8 Å². The Balaban J connectivity index is 1.30. The molecule has 0 saturated carbocycles. The van der Waals surface area contributed by atoms with Gasteiger partial charge in [-0.15, -0.1) is 0 Å². The highest BCUT2D eigenvalue weighted by Gasteiger charge is 2.33. The van der Waals surface area contributed by atoms with Crippen LogP contribution in [0.5, 0.6) is 0 Å². The van der Waals surface area contributed by atoms with Crippen molar-refractivity contribution in [2.75, 3.05) is 24.1 Å². The maximum atomic E-state index is 13.5. The van der Waals surface area contributed by atoms with Crippen LogP contribution in [0.4, 0.5) is 11.6 Å². The fraction of sp³-hybridized carbons (Fsp3) is 0.143. The van der Waals surface area contributed by atoms with Crippen molar-refractivity contribution in [1.82, 2.24) is 18.2 Å². The van der Waals surface area contributed by atoms with Crippen LogP contribution in [0.1, 0.15) is 6.42 Å². The highest BCUT2D eigenvalue weighted by molar-refractivity contribution is 7.90. The zero-order chi connectivity index (χ0) is 28.8. The Hall–Kier alpha value is -3.97. The molecule has 3 N–H and O–H groups in total. The molecule has 3 aromatic carbocycles. The molecule has 0 aliphatic carbocycles. The molecule has 1 fully saturated rings. The van der Waals surface area contributed by atoms with Crippen LogP contribution >= 0.6 is 11.6 Å². The van der Waals surface area contributed by atoms with Crippen LogP contribution in [0.25, 0.3) is 22.2 Å². The third kappa shape index (κ3) is 5.04. The average Bonchev–Trinajstić information content (AvgIpc) is 3.61. The van der Waals surface area contributed by atoms with Crippen LogP contribution < -0.4 is 11.1 Å². The molecule has 1 aliphatic heterocycles. The Bertz CT molecular complexity index is 1960. The summed E-state index contributed by atoms with van der Waals surface area (Å²) in [5.41, 5.74) is 7.55. The number of benzene rings is 3. The molecule has 1 saturated heterocycles. The predicted molar refractivity (Wildman–Crippen MR) is 159 cm³/mol. The van der Waals surface area contributed by atoms with Crippen LogP contribution in [-0.2, 0) is 20.0 Å². The van der Waals surface area contributed by atoms with Gasteiger partial charge in [-0.1, -0.05) is 48.0 Å². The molecule has 0 bridgehead atoms. The number of nitrogens with two attached hydrogens (primary N) is 1. The lowest BCUT2D eigenvalue weighted by molar-refractivity contribution is 0.474. The second kappa shape index (κ2) is 10.5. The maximum Gasteiger partial charge on any atom is 0.268 e. The second-order valence-electron chi connectivity index (χ2n) is 9.63. The maximum absolute atomic E-state index is 13.5. The van der Waals surface area contributed by atoms with E-state index < -0.39 is 20.0 Å². The molecule has 3 heterocycles. The van der Waals surface area contributed by atoms with Crippen LogP contribution in [0.2, 0.25) is 5.02 Å². The van der Waals surface area contributed by atoms with E-state index in [0.717, 1.165) is 0 Å². The number of halogens is 1. The van der Waals surface area contributed by atoms with Gasteiger partial charge in [-0.25, -0.2) is 30.8 Å². The molecule has 1 unspecified atom stereocenters. The number of hydrogen-bond donors (Lipinski definition) is 2. The SMILES string of the molecule is Nc1ccc(S(=O)(=O)N2CCC(Nc3ncc(Cl)c(-c4cn(S(=O)(=O)c5ccccc5)c5ccccc45)n3)C2)cc1. The van der Waals surface area contributed by atoms with Crippen LogP contribution in [0, 0.1) is 0 Å². The molecule has 6 rings (SSSR count). The van der Waals surface area contributed by atoms with Gasteiger partial charge >= 0.3 is 0 Å². The van der Waals surface area contributed by atoms with Crippen molar-refractivity contribution in [2.24, 2.45) is 0 Å². The molecule has 5 aromatic rings. The number of hydrogen-bond acceptors (Lipinski definition) is 8. The number of sulfonamides is 1. The summed E-state index contributed by atoms with van der Waals surface area (Å²) in [6.07, 6.45) is 3.51. The van der Waals surface area contributed by atoms with Gasteiger partial charge in [0.1, 0.15) is 0 Å². The Morgan fingerprint density at radius 2 is 1.56 bits per heavy atom. The fourth-order valence-corrected chi connectivity index (χ4v) is 7.99. The van der Waals surface area contributed by atoms with E-state index >= 15 is 0 Å². The Morgan fingerprint density at radius 1 is 0.878 bits per heavy atom. The lowest BCUT2D eigenvalue weighted by Gasteiger charge is -2.17. The molecule has 2 aromatic heterocycles. The molecule has 10 nitrogen and oxygen atoms in total. The lowest BCUT2D eigenvalue weighted by atomic mass is 10.1. The van der Waals surface area contributed by atoms with Gasteiger partial charge in [0.2, 0.25) is 16.0 Å². The highest BCUT2D eigenvalue weighted by Crippen LogP contribution is 2.36. The summed E-state index contributed by atoms with van der Waals surface area (Å²) >= 11 is 6.54. The van der Waals surface area contributed by atoms with Gasteiger partial charge in [-0.3, -0.25) is 0 Å². The molecule has 0 spiro atoms. The summed E-state index contributed by atoms with van der Waals surface area (Å²) in [5.74, 6) is 0.254. The van der Waals surface area contributed by atoms with E-state index in [1.807, 2.05) is 12.1 Å². The Labute approximate surface area is 242 Å². The summed E-state index contributed by atoms with van der Waals surface area (Å²) in [4.78, 5) is 9.28. The molecule has 210 valence electrons. The number of anilines is 2. The fourth-order valence-electron chi connectivity index (χ4n) is 4.90. The van der Waals surface area contributed by atoms with Gasteiger partial charge in [0.05, 0.1) is 32.2 Å². The van der Waals surface area contributed by atoms with Crippen molar-refractivity contribution in [2.45, 2.75) is 22.3 Å². The van der Waals surface area contributed by atoms with E-state index in [4.69, 9.17) is 17.3 Å². The first kappa shape index (κ1) is 27.2. The van der Waals surface area contributed by atoms with Gasteiger partial charge in [-0.2, -0.15) is 4.31 Å². The van der Waals surface area contributed by atoms with E-state index in [2.05, 4.69) is 15.3 Å². The number of nitrogens with zero attached hydrogens (tertiary/aromatic N) is 4. The molecule has 1 atom stereocenters. The zero-order valence-electron chi connectivity index (χ0n) is 21.6. The lowest BCUT2D eigenvalue weighted by Crippen LogP contribution is -2.32. The summed E-state index contributed by atoms with van der Waals surface area (Å²) in [5, 5.41) is 4.12. The van der Waals surface area contributed by atoms with Crippen molar-refractivity contribution >= 4 is 54.2 Å². The number of para-hydroxylation sites is 1. The topological polar surface area (TPSA) is 140 Å². The van der Waals surface area contributed by atoms with Gasteiger partial charge in [-0.05, 0) is 48.9 Å². The van der Waals surface area contributed by atoms with Gasteiger partial charge < -0.3 is 11.1 Å². The van der Waals surface area contributed by atoms with E-state index in [0.29, 0.717) is 40.8 Å². The van der Waals surface area contributed by atoms with Gasteiger partial charge in [0.25, 0.3) is 10.0 Å². The summed E-state index contributed by atoms with van der Waals surface area (Å²) < 4.78 is 55.9. The smallest absolute Gasteiger partial charge is 0.268 e. The predicted octanol–water partition coefficient (Wildman–Crippen LogP) is 4.45. The molecule has 0 radical (unpaired) electrons. The van der Waals surface area contributed by atoms with Crippen molar-refractivity contribution in [3.63, 3.8) is 0 Å². The van der Waals surface area contributed by atoms with Gasteiger partial charge in [0.15, 0.2) is 0 Å². The Kier molecular flexibility index (Phi) is 6.94. The van der Waals surface area contributed by atoms with E-state index in [1.54, 1.807) is 54.6 Å². The first-order valence-corrected chi connectivity index (χ1v) is 16.0. The van der Waals surface area contributed by atoms with E-state index in [1.165, 1.54) is 32.8 Å². The van der Waals surface area contributed by atoms with Crippen LogP contribution in [-0.4, -0.2) is 54.2 Å². The quantitative estimate of drug-likeness (QED) is 0.258. The first-order valence-electron chi connectivity index (χ1n) is 12.7. The molecular formula is C28H25ClN6O4S2. The summed E-state index contributed by atoms with van der Waals surface area (Å²) in [6, 6.07) is 21.2. The van der Waals surface area contributed by atoms with Crippen molar-refractivity contribution < 1.29 is 16.8 Å². The zero-order valence-corrected chi connectivity index (χ0v) is 23.9. The number of nitrogen functional groups attached to an aromatic ring is 1. The molecule has 41 heavy (non-hydrogen) atoms. The molecule has 0 amide bonds. The van der Waals surface area contributed by atoms with Crippen LogP contribution in [0.15, 0.2) is 101 Å². The second-order valence-corrected chi connectivity index (χ2v) is 13.8. The molecule has 1 aliphatic rings. The Morgan fingerprint density at radius 3 is 2.32 bits per heavy atom.